The first-order valence-electron chi connectivity index (χ1n) is 6.72. The van der Waals surface area contributed by atoms with E-state index in [2.05, 4.69) is 15.3 Å². The van der Waals surface area contributed by atoms with Crippen molar-refractivity contribution in [2.75, 3.05) is 26.8 Å². The average molecular weight is 292 g/mol. The number of nitrogens with one attached hydrogen (secondary N) is 1. The highest BCUT2D eigenvalue weighted by atomic mass is 16.5. The first-order valence-corrected chi connectivity index (χ1v) is 6.72. The van der Waals surface area contributed by atoms with Gasteiger partial charge in [0.05, 0.1) is 13.2 Å². The summed E-state index contributed by atoms with van der Waals surface area (Å²) >= 11 is 0. The summed E-state index contributed by atoms with van der Waals surface area (Å²) < 4.78 is 10.3. The lowest BCUT2D eigenvalue weighted by Gasteiger charge is -2.20. The Bertz CT molecular complexity index is 501. The molecule has 0 aliphatic heterocycles. The number of rotatable bonds is 9. The van der Waals surface area contributed by atoms with E-state index >= 15 is 0 Å². The Balaban J connectivity index is 2.93. The van der Waals surface area contributed by atoms with Crippen LogP contribution in [0.5, 0.6) is 0 Å². The van der Waals surface area contributed by atoms with Gasteiger partial charge in [-0.25, -0.2) is 4.79 Å². The monoisotopic (exact) mass is 292 g/mol. The molecule has 0 aliphatic rings. The van der Waals surface area contributed by atoms with Gasteiger partial charge in [0.25, 0.3) is 0 Å². The molecule has 0 fully saturated rings. The number of esters is 1. The molecule has 21 heavy (non-hydrogen) atoms. The summed E-state index contributed by atoms with van der Waals surface area (Å²) in [6.45, 7) is 3.12. The Morgan fingerprint density at radius 1 is 1.48 bits per heavy atom. The zero-order valence-electron chi connectivity index (χ0n) is 12.3. The van der Waals surface area contributed by atoms with Gasteiger partial charge in [0, 0.05) is 25.1 Å². The summed E-state index contributed by atoms with van der Waals surface area (Å²) in [5.41, 5.74) is 9.99. The second-order valence-electron chi connectivity index (χ2n) is 4.23. The van der Waals surface area contributed by atoms with Crippen LogP contribution in [0.3, 0.4) is 0 Å². The van der Waals surface area contributed by atoms with Crippen molar-refractivity contribution in [1.29, 1.82) is 0 Å². The van der Waals surface area contributed by atoms with Crippen LogP contribution in [-0.2, 0) is 20.9 Å². The normalized spacial score (nSPS) is 11.5. The summed E-state index contributed by atoms with van der Waals surface area (Å²) in [5, 5.41) is 6.50. The van der Waals surface area contributed by atoms with Gasteiger partial charge in [0.2, 0.25) is 0 Å². The first kappa shape index (κ1) is 17.0. The molecule has 1 aromatic carbocycles. The Labute approximate surface area is 123 Å². The van der Waals surface area contributed by atoms with Gasteiger partial charge in [0.15, 0.2) is 0 Å². The number of benzene rings is 1. The van der Waals surface area contributed by atoms with Gasteiger partial charge in [-0.3, -0.25) is 0 Å². The molecule has 1 rings (SSSR count). The third kappa shape index (κ3) is 5.43. The van der Waals surface area contributed by atoms with E-state index in [9.17, 15) is 4.79 Å². The molecule has 0 aromatic heterocycles. The van der Waals surface area contributed by atoms with Crippen molar-refractivity contribution in [1.82, 2.24) is 5.32 Å². The molecule has 1 aromatic rings. The van der Waals surface area contributed by atoms with Crippen LogP contribution in [0.1, 0.15) is 24.1 Å². The summed E-state index contributed by atoms with van der Waals surface area (Å²) in [6.07, 6.45) is 0. The molecule has 1 unspecified atom stereocenters. The van der Waals surface area contributed by atoms with Crippen LogP contribution >= 0.6 is 0 Å². The van der Waals surface area contributed by atoms with Gasteiger partial charge in [-0.15, -0.1) is 0 Å². The standard InChI is InChI=1S/C14H20N4O3/c1-3-21-14(19)13(16-8-9-17-18-15)12-7-5-4-6-11(12)10-20-2/h4-7,13,16H,3,8-10H2,1-2H3. The molecule has 1 atom stereocenters. The van der Waals surface area contributed by atoms with Crippen LogP contribution in [0.25, 0.3) is 10.4 Å². The average Bonchev–Trinajstić information content (AvgIpc) is 2.49. The Morgan fingerprint density at radius 3 is 2.90 bits per heavy atom. The van der Waals surface area contributed by atoms with E-state index in [1.165, 1.54) is 0 Å². The molecule has 7 nitrogen and oxygen atoms in total. The Morgan fingerprint density at radius 2 is 2.24 bits per heavy atom. The third-order valence-electron chi connectivity index (χ3n) is 2.81. The second kappa shape index (κ2) is 9.77. The number of hydrogen-bond acceptors (Lipinski definition) is 5. The molecule has 0 bridgehead atoms. The van der Waals surface area contributed by atoms with Gasteiger partial charge < -0.3 is 14.8 Å². The number of ether oxygens (including phenoxy) is 2. The van der Waals surface area contributed by atoms with Gasteiger partial charge in [-0.2, -0.15) is 0 Å². The predicted molar refractivity (Wildman–Crippen MR) is 78.5 cm³/mol. The van der Waals surface area contributed by atoms with Crippen LogP contribution in [-0.4, -0.2) is 32.8 Å². The van der Waals surface area contributed by atoms with E-state index in [-0.39, 0.29) is 12.5 Å². The lowest BCUT2D eigenvalue weighted by Crippen LogP contribution is -2.32. The van der Waals surface area contributed by atoms with Crippen molar-refractivity contribution in [3.8, 4) is 0 Å². The van der Waals surface area contributed by atoms with Crippen molar-refractivity contribution < 1.29 is 14.3 Å². The minimum atomic E-state index is -0.606. The van der Waals surface area contributed by atoms with Crippen LogP contribution in [0, 0.1) is 0 Å². The molecule has 7 heteroatoms. The van der Waals surface area contributed by atoms with Gasteiger partial charge in [-0.05, 0) is 23.6 Å². The topological polar surface area (TPSA) is 96.3 Å². The largest absolute Gasteiger partial charge is 0.465 e. The maximum absolute atomic E-state index is 12.1. The van der Waals surface area contributed by atoms with E-state index in [0.717, 1.165) is 11.1 Å². The highest BCUT2D eigenvalue weighted by molar-refractivity contribution is 5.78. The fourth-order valence-electron chi connectivity index (χ4n) is 1.95. The second-order valence-corrected chi connectivity index (χ2v) is 4.23. The maximum atomic E-state index is 12.1. The molecular formula is C14H20N4O3. The van der Waals surface area contributed by atoms with Crippen molar-refractivity contribution in [2.24, 2.45) is 5.11 Å². The highest BCUT2D eigenvalue weighted by Crippen LogP contribution is 2.20. The first-order chi connectivity index (χ1) is 10.2. The quantitative estimate of drug-likeness (QED) is 0.248. The van der Waals surface area contributed by atoms with Gasteiger partial charge >= 0.3 is 5.97 Å². The van der Waals surface area contributed by atoms with Crippen LogP contribution < -0.4 is 5.32 Å². The summed E-state index contributed by atoms with van der Waals surface area (Å²) in [4.78, 5) is 14.8. The fourth-order valence-corrected chi connectivity index (χ4v) is 1.95. The maximum Gasteiger partial charge on any atom is 0.327 e. The number of carbonyl (C=O) groups is 1. The molecule has 114 valence electrons. The summed E-state index contributed by atoms with van der Waals surface area (Å²) in [5.74, 6) is -0.359. The van der Waals surface area contributed by atoms with Gasteiger partial charge in [-0.1, -0.05) is 29.4 Å². The van der Waals surface area contributed by atoms with Crippen LogP contribution in [0.2, 0.25) is 0 Å². The number of methoxy groups -OCH3 is 1. The lowest BCUT2D eigenvalue weighted by atomic mass is 10.0. The zero-order valence-corrected chi connectivity index (χ0v) is 12.3. The zero-order chi connectivity index (χ0) is 15.5. The van der Waals surface area contributed by atoms with Crippen molar-refractivity contribution >= 4 is 5.97 Å². The smallest absolute Gasteiger partial charge is 0.327 e. The van der Waals surface area contributed by atoms with E-state index < -0.39 is 6.04 Å². The molecular weight excluding hydrogens is 272 g/mol. The lowest BCUT2D eigenvalue weighted by molar-refractivity contribution is -0.145. The molecule has 0 amide bonds. The number of azide groups is 1. The number of nitrogens with zero attached hydrogens (tertiary/aromatic N) is 3. The van der Waals surface area contributed by atoms with E-state index in [1.54, 1.807) is 14.0 Å². The molecule has 0 spiro atoms. The Hall–Kier alpha value is -2.08. The molecule has 0 radical (unpaired) electrons. The van der Waals surface area contributed by atoms with Crippen LogP contribution in [0.4, 0.5) is 0 Å². The summed E-state index contributed by atoms with van der Waals surface area (Å²) in [6, 6.07) is 6.90. The molecule has 0 aliphatic carbocycles. The highest BCUT2D eigenvalue weighted by Gasteiger charge is 2.23. The fraction of sp³-hybridized carbons (Fsp3) is 0.500. The van der Waals surface area contributed by atoms with E-state index in [0.29, 0.717) is 19.8 Å². The van der Waals surface area contributed by atoms with E-state index in [1.807, 2.05) is 24.3 Å². The molecule has 0 heterocycles. The van der Waals surface area contributed by atoms with Gasteiger partial charge in [0.1, 0.15) is 6.04 Å². The molecule has 1 N–H and O–H groups in total. The third-order valence-corrected chi connectivity index (χ3v) is 2.81. The Kier molecular flexibility index (Phi) is 7.89. The predicted octanol–water partition coefficient (Wildman–Crippen LogP) is 2.34. The minimum absolute atomic E-state index is 0.263. The summed E-state index contributed by atoms with van der Waals surface area (Å²) in [7, 11) is 1.60. The van der Waals surface area contributed by atoms with E-state index in [4.69, 9.17) is 15.0 Å². The number of carbonyl (C=O) groups excluding carboxylic acids is 1. The molecule has 0 saturated carbocycles. The van der Waals surface area contributed by atoms with Crippen molar-refractivity contribution in [3.05, 3.63) is 45.8 Å². The SMILES string of the molecule is CCOC(=O)C(NCCN=[N+]=[N-])c1ccccc1COC. The minimum Gasteiger partial charge on any atom is -0.465 e. The van der Waals surface area contributed by atoms with Crippen molar-refractivity contribution in [2.45, 2.75) is 19.6 Å². The van der Waals surface area contributed by atoms with Crippen LogP contribution in [0.15, 0.2) is 29.4 Å². The number of hydrogen-bond donors (Lipinski definition) is 1. The van der Waals surface area contributed by atoms with Crippen molar-refractivity contribution in [3.63, 3.8) is 0 Å². The molecule has 0 saturated heterocycles.